The fraction of sp³-hybridized carbons (Fsp3) is 0.105. The highest BCUT2D eigenvalue weighted by molar-refractivity contribution is 7.80. The highest BCUT2D eigenvalue weighted by Crippen LogP contribution is 2.15. The summed E-state index contributed by atoms with van der Waals surface area (Å²) in [5, 5.41) is 7.78. The number of hydrogen-bond donors (Lipinski definition) is 2. The molecule has 0 fully saturated rings. The van der Waals surface area contributed by atoms with Crippen LogP contribution in [0.25, 0.3) is 5.69 Å². The summed E-state index contributed by atoms with van der Waals surface area (Å²) in [6.07, 6.45) is 7.15. The van der Waals surface area contributed by atoms with Crippen molar-refractivity contribution in [3.05, 3.63) is 77.9 Å². The van der Waals surface area contributed by atoms with Gasteiger partial charge in [0.2, 0.25) is 0 Å². The van der Waals surface area contributed by atoms with E-state index in [4.69, 9.17) is 12.2 Å². The predicted molar refractivity (Wildman–Crippen MR) is 106 cm³/mol. The van der Waals surface area contributed by atoms with E-state index in [1.54, 1.807) is 18.7 Å². The summed E-state index contributed by atoms with van der Waals surface area (Å²) in [4.78, 5) is 4.04. The normalized spacial score (nSPS) is 10.8. The van der Waals surface area contributed by atoms with Gasteiger partial charge in [-0.25, -0.2) is 4.98 Å². The number of nitrogens with one attached hydrogen (secondary N) is 2. The lowest BCUT2D eigenvalue weighted by atomic mass is 10.1. The highest BCUT2D eigenvalue weighted by atomic mass is 32.1. The van der Waals surface area contributed by atoms with Crippen LogP contribution >= 0.6 is 12.2 Å². The van der Waals surface area contributed by atoms with Gasteiger partial charge in [0.25, 0.3) is 0 Å². The second kappa shape index (κ2) is 7.72. The SMILES string of the molecule is Cc1ccc(NC(=S)N/N=C/c2ccc(-n3ccnc3)cc2)c(C)c1. The van der Waals surface area contributed by atoms with Crippen LogP contribution in [0.15, 0.2) is 66.3 Å². The van der Waals surface area contributed by atoms with Gasteiger partial charge in [0.15, 0.2) is 5.11 Å². The second-order valence-electron chi connectivity index (χ2n) is 5.70. The zero-order chi connectivity index (χ0) is 17.6. The first-order valence-corrected chi connectivity index (χ1v) is 8.28. The molecule has 0 bridgehead atoms. The van der Waals surface area contributed by atoms with Gasteiger partial charge in [-0.1, -0.05) is 29.8 Å². The van der Waals surface area contributed by atoms with E-state index in [1.807, 2.05) is 54.1 Å². The van der Waals surface area contributed by atoms with Crippen molar-refractivity contribution in [3.63, 3.8) is 0 Å². The summed E-state index contributed by atoms with van der Waals surface area (Å²) in [5.41, 5.74) is 8.20. The Morgan fingerprint density at radius 1 is 1.16 bits per heavy atom. The summed E-state index contributed by atoms with van der Waals surface area (Å²) < 4.78 is 1.95. The van der Waals surface area contributed by atoms with Gasteiger partial charge in [0.1, 0.15) is 0 Å². The minimum atomic E-state index is 0.457. The Bertz CT molecular complexity index is 883. The van der Waals surface area contributed by atoms with Crippen LogP contribution in [-0.2, 0) is 0 Å². The van der Waals surface area contributed by atoms with Crippen LogP contribution in [0.1, 0.15) is 16.7 Å². The van der Waals surface area contributed by atoms with Gasteiger partial charge < -0.3 is 9.88 Å². The fourth-order valence-electron chi connectivity index (χ4n) is 2.41. The van der Waals surface area contributed by atoms with Gasteiger partial charge in [-0.15, -0.1) is 0 Å². The van der Waals surface area contributed by atoms with Gasteiger partial charge in [-0.3, -0.25) is 5.43 Å². The third-order valence-corrected chi connectivity index (χ3v) is 3.90. The van der Waals surface area contributed by atoms with E-state index >= 15 is 0 Å². The van der Waals surface area contributed by atoms with Crippen molar-refractivity contribution in [3.8, 4) is 5.69 Å². The predicted octanol–water partition coefficient (Wildman–Crippen LogP) is 3.81. The molecule has 126 valence electrons. The van der Waals surface area contributed by atoms with E-state index in [2.05, 4.69) is 33.8 Å². The molecule has 3 rings (SSSR count). The largest absolute Gasteiger partial charge is 0.331 e. The van der Waals surface area contributed by atoms with E-state index in [-0.39, 0.29) is 0 Å². The van der Waals surface area contributed by atoms with Crippen LogP contribution in [-0.4, -0.2) is 20.9 Å². The van der Waals surface area contributed by atoms with Crippen LogP contribution in [0.2, 0.25) is 0 Å². The number of aromatic nitrogens is 2. The monoisotopic (exact) mass is 349 g/mol. The molecular weight excluding hydrogens is 330 g/mol. The van der Waals surface area contributed by atoms with Crippen molar-refractivity contribution >= 4 is 29.2 Å². The zero-order valence-corrected chi connectivity index (χ0v) is 14.9. The van der Waals surface area contributed by atoms with Crippen molar-refractivity contribution in [2.75, 3.05) is 5.32 Å². The fourth-order valence-corrected chi connectivity index (χ4v) is 2.58. The van der Waals surface area contributed by atoms with Crippen molar-refractivity contribution in [2.24, 2.45) is 5.10 Å². The highest BCUT2D eigenvalue weighted by Gasteiger charge is 2.00. The second-order valence-corrected chi connectivity index (χ2v) is 6.11. The molecule has 0 aliphatic rings. The zero-order valence-electron chi connectivity index (χ0n) is 14.1. The molecule has 1 aromatic heterocycles. The van der Waals surface area contributed by atoms with Gasteiger partial charge in [0.05, 0.1) is 12.5 Å². The first-order chi connectivity index (χ1) is 12.1. The van der Waals surface area contributed by atoms with Crippen molar-refractivity contribution in [1.29, 1.82) is 0 Å². The number of anilines is 1. The van der Waals surface area contributed by atoms with Crippen LogP contribution in [0.3, 0.4) is 0 Å². The average Bonchev–Trinajstić information content (AvgIpc) is 3.13. The van der Waals surface area contributed by atoms with Gasteiger partial charge in [-0.05, 0) is 55.4 Å². The molecule has 3 aromatic rings. The third kappa shape index (κ3) is 4.51. The Hall–Kier alpha value is -2.99. The van der Waals surface area contributed by atoms with Crippen molar-refractivity contribution in [2.45, 2.75) is 13.8 Å². The molecule has 25 heavy (non-hydrogen) atoms. The van der Waals surface area contributed by atoms with E-state index < -0.39 is 0 Å². The number of imidazole rings is 1. The molecule has 0 saturated carbocycles. The van der Waals surface area contributed by atoms with Crippen LogP contribution in [0, 0.1) is 13.8 Å². The van der Waals surface area contributed by atoms with E-state index in [9.17, 15) is 0 Å². The van der Waals surface area contributed by atoms with Gasteiger partial charge in [-0.2, -0.15) is 5.10 Å². The molecule has 2 N–H and O–H groups in total. The van der Waals surface area contributed by atoms with Crippen molar-refractivity contribution in [1.82, 2.24) is 15.0 Å². The van der Waals surface area contributed by atoms with Crippen molar-refractivity contribution < 1.29 is 0 Å². The van der Waals surface area contributed by atoms with E-state index in [1.165, 1.54) is 5.56 Å². The van der Waals surface area contributed by atoms with E-state index in [0.29, 0.717) is 5.11 Å². The van der Waals surface area contributed by atoms with Crippen LogP contribution in [0.4, 0.5) is 5.69 Å². The Labute approximate surface area is 152 Å². The molecule has 6 heteroatoms. The Balaban J connectivity index is 1.56. The smallest absolute Gasteiger partial charge is 0.191 e. The summed E-state index contributed by atoms with van der Waals surface area (Å²) in [6, 6.07) is 14.2. The topological polar surface area (TPSA) is 54.2 Å². The van der Waals surface area contributed by atoms with Gasteiger partial charge >= 0.3 is 0 Å². The minimum absolute atomic E-state index is 0.457. The molecule has 5 nitrogen and oxygen atoms in total. The number of nitrogens with zero attached hydrogens (tertiary/aromatic N) is 3. The van der Waals surface area contributed by atoms with E-state index in [0.717, 1.165) is 22.5 Å². The number of hydrogen-bond acceptors (Lipinski definition) is 3. The molecule has 1 heterocycles. The number of benzene rings is 2. The minimum Gasteiger partial charge on any atom is -0.331 e. The maximum absolute atomic E-state index is 5.27. The lowest BCUT2D eigenvalue weighted by molar-refractivity contribution is 1.05. The Morgan fingerprint density at radius 3 is 2.64 bits per heavy atom. The molecule has 2 aromatic carbocycles. The summed E-state index contributed by atoms with van der Waals surface area (Å²) >= 11 is 5.27. The summed E-state index contributed by atoms with van der Waals surface area (Å²) in [7, 11) is 0. The maximum atomic E-state index is 5.27. The number of hydrazone groups is 1. The number of thiocarbonyl (C=S) groups is 1. The molecule has 0 aliphatic heterocycles. The average molecular weight is 349 g/mol. The first kappa shape index (κ1) is 16.9. The standard InChI is InChI=1S/C19H19N5S/c1-14-3-8-18(15(2)11-14)22-19(25)23-21-12-16-4-6-17(7-5-16)24-10-9-20-13-24/h3-13H,1-2H3,(H2,22,23,25)/b21-12+. The molecule has 0 atom stereocenters. The summed E-state index contributed by atoms with van der Waals surface area (Å²) in [6.45, 7) is 4.11. The first-order valence-electron chi connectivity index (χ1n) is 7.87. The molecular formula is C19H19N5S. The number of aryl methyl sites for hydroxylation is 2. The molecule has 0 amide bonds. The molecule has 0 spiro atoms. The van der Waals surface area contributed by atoms with Gasteiger partial charge in [0, 0.05) is 23.8 Å². The molecule has 0 aliphatic carbocycles. The quantitative estimate of drug-likeness (QED) is 0.427. The summed E-state index contributed by atoms with van der Waals surface area (Å²) in [5.74, 6) is 0. The number of rotatable bonds is 4. The lowest BCUT2D eigenvalue weighted by Gasteiger charge is -2.10. The molecule has 0 unspecified atom stereocenters. The Kier molecular flexibility index (Phi) is 5.20. The van der Waals surface area contributed by atoms with Crippen LogP contribution < -0.4 is 10.7 Å². The third-order valence-electron chi connectivity index (χ3n) is 3.71. The lowest BCUT2D eigenvalue weighted by Crippen LogP contribution is -2.24. The maximum Gasteiger partial charge on any atom is 0.191 e. The van der Waals surface area contributed by atoms with Crippen LogP contribution in [0.5, 0.6) is 0 Å². The molecule has 0 saturated heterocycles. The molecule has 0 radical (unpaired) electrons. The Morgan fingerprint density at radius 2 is 1.96 bits per heavy atom.